The summed E-state index contributed by atoms with van der Waals surface area (Å²) < 4.78 is 5.34. The van der Waals surface area contributed by atoms with Crippen molar-refractivity contribution in [2.75, 3.05) is 6.61 Å². The van der Waals surface area contributed by atoms with Gasteiger partial charge in [0, 0.05) is 0 Å². The predicted octanol–water partition coefficient (Wildman–Crippen LogP) is 4.15. The van der Waals surface area contributed by atoms with E-state index in [9.17, 15) is 4.79 Å². The number of aryl methyl sites for hydroxylation is 1. The van der Waals surface area contributed by atoms with E-state index < -0.39 is 0 Å². The second kappa shape index (κ2) is 8.41. The Morgan fingerprint density at radius 3 is 2.58 bits per heavy atom. The number of ether oxygens (including phenoxy) is 1. The van der Waals surface area contributed by atoms with Crippen LogP contribution in [0, 0.1) is 12.3 Å². The molecule has 1 N–H and O–H groups in total. The summed E-state index contributed by atoms with van der Waals surface area (Å²) in [5, 5.41) is 3.38. The Morgan fingerprint density at radius 2 is 1.92 bits per heavy atom. The Morgan fingerprint density at radius 1 is 1.19 bits per heavy atom. The molecule has 26 heavy (non-hydrogen) atoms. The van der Waals surface area contributed by atoms with Crippen LogP contribution in [0.5, 0.6) is 5.75 Å². The number of rotatable bonds is 5. The average Bonchev–Trinajstić information content (AvgIpc) is 3.00. The zero-order valence-electron chi connectivity index (χ0n) is 14.4. The first kappa shape index (κ1) is 17.8. The minimum Gasteiger partial charge on any atom is -0.481 e. The number of thioether (sulfide) groups is 1. The van der Waals surface area contributed by atoms with Gasteiger partial charge in [-0.1, -0.05) is 37.1 Å². The quantitative estimate of drug-likeness (QED) is 0.642. The Balaban J connectivity index is 1.71. The number of carbonyl (C=O) groups is 1. The van der Waals surface area contributed by atoms with Crippen LogP contribution in [-0.4, -0.2) is 17.7 Å². The maximum absolute atomic E-state index is 12.2. The molecule has 1 aliphatic rings. The van der Waals surface area contributed by atoms with E-state index in [4.69, 9.17) is 11.2 Å². The summed E-state index contributed by atoms with van der Waals surface area (Å²) in [4.78, 5) is 17.3. The molecule has 3 rings (SSSR count). The Labute approximate surface area is 157 Å². The van der Waals surface area contributed by atoms with Gasteiger partial charge in [0.2, 0.25) is 0 Å². The summed E-state index contributed by atoms with van der Waals surface area (Å²) >= 11 is 1.33. The van der Waals surface area contributed by atoms with Crippen molar-refractivity contribution in [1.82, 2.24) is 5.32 Å². The third kappa shape index (κ3) is 4.56. The van der Waals surface area contributed by atoms with Crippen LogP contribution in [0.4, 0.5) is 5.69 Å². The van der Waals surface area contributed by atoms with Crippen LogP contribution in [-0.2, 0) is 11.2 Å². The highest BCUT2D eigenvalue weighted by Crippen LogP contribution is 2.28. The molecule has 1 amide bonds. The molecule has 0 radical (unpaired) electrons. The molecule has 0 aromatic heterocycles. The molecular weight excluding hydrogens is 344 g/mol. The molecule has 2 aromatic rings. The van der Waals surface area contributed by atoms with Crippen LogP contribution in [0.1, 0.15) is 18.1 Å². The maximum atomic E-state index is 12.2. The lowest BCUT2D eigenvalue weighted by molar-refractivity contribution is -0.115. The van der Waals surface area contributed by atoms with Crippen LogP contribution in [0.2, 0.25) is 0 Å². The molecule has 0 bridgehead atoms. The Bertz CT molecular complexity index is 891. The summed E-state index contributed by atoms with van der Waals surface area (Å²) in [6, 6.07) is 15.4. The lowest BCUT2D eigenvalue weighted by Gasteiger charge is -2.02. The standard InChI is InChI=1S/C21H18N2O2S/c1-3-13-25-18-11-7-16(8-12-18)14-19-20(24)23-21(26-19)22-17-9-5-15(4-2)6-10-17/h1,5-12,14H,4,13H2,2H3,(H,22,23,24)/b19-14-. The number of aliphatic imine (C=N–C) groups is 1. The highest BCUT2D eigenvalue weighted by atomic mass is 32.2. The molecule has 0 spiro atoms. The van der Waals surface area contributed by atoms with Gasteiger partial charge in [-0.25, -0.2) is 4.99 Å². The number of nitrogens with zero attached hydrogens (tertiary/aromatic N) is 1. The molecule has 0 unspecified atom stereocenters. The molecular formula is C21H18N2O2S. The smallest absolute Gasteiger partial charge is 0.264 e. The van der Waals surface area contributed by atoms with Crippen LogP contribution >= 0.6 is 11.8 Å². The minimum absolute atomic E-state index is 0.147. The van der Waals surface area contributed by atoms with E-state index in [-0.39, 0.29) is 12.5 Å². The molecule has 1 heterocycles. The number of nitrogens with one attached hydrogen (secondary N) is 1. The van der Waals surface area contributed by atoms with Crippen LogP contribution < -0.4 is 10.1 Å². The first-order chi connectivity index (χ1) is 12.7. The lowest BCUT2D eigenvalue weighted by atomic mass is 10.2. The molecule has 0 atom stereocenters. The van der Waals surface area contributed by atoms with Gasteiger partial charge in [0.1, 0.15) is 12.4 Å². The molecule has 1 fully saturated rings. The van der Waals surface area contributed by atoms with E-state index in [2.05, 4.69) is 23.2 Å². The van der Waals surface area contributed by atoms with E-state index in [1.165, 1.54) is 17.3 Å². The van der Waals surface area contributed by atoms with Crippen LogP contribution in [0.25, 0.3) is 6.08 Å². The molecule has 0 saturated carbocycles. The Hall–Kier alpha value is -2.97. The second-order valence-corrected chi connectivity index (χ2v) is 6.59. The third-order valence-corrected chi connectivity index (χ3v) is 4.64. The molecule has 130 valence electrons. The van der Waals surface area contributed by atoms with Crippen LogP contribution in [0.15, 0.2) is 58.4 Å². The molecule has 4 nitrogen and oxygen atoms in total. The molecule has 1 aliphatic heterocycles. The average molecular weight is 362 g/mol. The van der Waals surface area contributed by atoms with Gasteiger partial charge in [-0.15, -0.1) is 6.42 Å². The van der Waals surface area contributed by atoms with Crippen molar-refractivity contribution in [1.29, 1.82) is 0 Å². The van der Waals surface area contributed by atoms with Crippen molar-refractivity contribution in [3.63, 3.8) is 0 Å². The number of amides is 1. The van der Waals surface area contributed by atoms with Crippen molar-refractivity contribution < 1.29 is 9.53 Å². The summed E-state index contributed by atoms with van der Waals surface area (Å²) in [6.07, 6.45) is 7.99. The van der Waals surface area contributed by atoms with Crippen molar-refractivity contribution in [3.05, 3.63) is 64.6 Å². The number of carbonyl (C=O) groups excluding carboxylic acids is 1. The summed E-state index contributed by atoms with van der Waals surface area (Å²) in [7, 11) is 0. The van der Waals surface area contributed by atoms with E-state index in [1.54, 1.807) is 0 Å². The SMILES string of the molecule is C#CCOc1ccc(/C=C2\SC(=Nc3ccc(CC)cc3)NC2=O)cc1. The van der Waals surface area contributed by atoms with Gasteiger partial charge in [-0.05, 0) is 59.7 Å². The third-order valence-electron chi connectivity index (χ3n) is 3.73. The monoisotopic (exact) mass is 362 g/mol. The zero-order chi connectivity index (χ0) is 18.4. The number of terminal acetylenes is 1. The number of benzene rings is 2. The summed E-state index contributed by atoms with van der Waals surface area (Å²) in [5.74, 6) is 2.98. The summed E-state index contributed by atoms with van der Waals surface area (Å²) in [6.45, 7) is 2.34. The Kier molecular flexibility index (Phi) is 5.77. The largest absolute Gasteiger partial charge is 0.481 e. The van der Waals surface area contributed by atoms with Crippen molar-refractivity contribution in [3.8, 4) is 18.1 Å². The lowest BCUT2D eigenvalue weighted by Crippen LogP contribution is -2.19. The van der Waals surface area contributed by atoms with Gasteiger partial charge in [-0.2, -0.15) is 0 Å². The second-order valence-electron chi connectivity index (χ2n) is 5.56. The van der Waals surface area contributed by atoms with E-state index in [1.807, 2.05) is 54.6 Å². The van der Waals surface area contributed by atoms with Gasteiger partial charge in [0.25, 0.3) is 5.91 Å². The summed E-state index contributed by atoms with van der Waals surface area (Å²) in [5.41, 5.74) is 2.98. The van der Waals surface area contributed by atoms with E-state index in [0.717, 1.165) is 17.7 Å². The first-order valence-electron chi connectivity index (χ1n) is 8.23. The number of hydrogen-bond donors (Lipinski definition) is 1. The fourth-order valence-corrected chi connectivity index (χ4v) is 3.18. The normalized spacial score (nSPS) is 16.5. The molecule has 0 aliphatic carbocycles. The number of amidine groups is 1. The molecule has 1 saturated heterocycles. The van der Waals surface area contributed by atoms with Gasteiger partial charge in [0.15, 0.2) is 5.17 Å². The van der Waals surface area contributed by atoms with E-state index in [0.29, 0.717) is 15.8 Å². The zero-order valence-corrected chi connectivity index (χ0v) is 15.2. The van der Waals surface area contributed by atoms with E-state index >= 15 is 0 Å². The van der Waals surface area contributed by atoms with Gasteiger partial charge < -0.3 is 10.1 Å². The van der Waals surface area contributed by atoms with Gasteiger partial charge >= 0.3 is 0 Å². The fraction of sp³-hybridized carbons (Fsp3) is 0.143. The minimum atomic E-state index is -0.147. The first-order valence-corrected chi connectivity index (χ1v) is 9.04. The van der Waals surface area contributed by atoms with Crippen LogP contribution in [0.3, 0.4) is 0 Å². The number of hydrogen-bond acceptors (Lipinski definition) is 4. The van der Waals surface area contributed by atoms with Crippen molar-refractivity contribution in [2.24, 2.45) is 4.99 Å². The van der Waals surface area contributed by atoms with Gasteiger partial charge in [0.05, 0.1) is 10.6 Å². The van der Waals surface area contributed by atoms with Gasteiger partial charge in [-0.3, -0.25) is 4.79 Å². The topological polar surface area (TPSA) is 50.7 Å². The maximum Gasteiger partial charge on any atom is 0.264 e. The van der Waals surface area contributed by atoms with Crippen molar-refractivity contribution in [2.45, 2.75) is 13.3 Å². The molecule has 2 aromatic carbocycles. The van der Waals surface area contributed by atoms with Crippen molar-refractivity contribution >= 4 is 34.6 Å². The molecule has 5 heteroatoms. The highest BCUT2D eigenvalue weighted by molar-refractivity contribution is 8.18. The fourth-order valence-electron chi connectivity index (χ4n) is 2.34. The highest BCUT2D eigenvalue weighted by Gasteiger charge is 2.23. The predicted molar refractivity (Wildman–Crippen MR) is 107 cm³/mol.